The second-order valence-corrected chi connectivity index (χ2v) is 3.62. The number of halogens is 1. The molecule has 12 heavy (non-hydrogen) atoms. The molecule has 1 aromatic carbocycles. The highest BCUT2D eigenvalue weighted by Gasteiger charge is 2.20. The first-order valence-corrected chi connectivity index (χ1v) is 4.64. The van der Waals surface area contributed by atoms with Gasteiger partial charge in [-0.2, -0.15) is 0 Å². The molecule has 0 radical (unpaired) electrons. The molecular formula is C10H12ClN. The highest BCUT2D eigenvalue weighted by molar-refractivity contribution is 6.13. The minimum absolute atomic E-state index is 0.363. The molecule has 0 aromatic heterocycles. The summed E-state index contributed by atoms with van der Waals surface area (Å²) in [7, 11) is 0. The lowest BCUT2D eigenvalue weighted by Gasteiger charge is -2.07. The van der Waals surface area contributed by atoms with Gasteiger partial charge in [-0.15, -0.1) is 0 Å². The van der Waals surface area contributed by atoms with E-state index in [-0.39, 0.29) is 0 Å². The molecule has 2 heteroatoms. The molecule has 0 fully saturated rings. The highest BCUT2D eigenvalue weighted by Crippen LogP contribution is 2.31. The van der Waals surface area contributed by atoms with E-state index in [1.54, 1.807) is 0 Å². The van der Waals surface area contributed by atoms with Crippen LogP contribution >= 0.6 is 11.8 Å². The molecule has 0 saturated carbocycles. The van der Waals surface area contributed by atoms with E-state index in [4.69, 9.17) is 11.8 Å². The van der Waals surface area contributed by atoms with Crippen LogP contribution in [0.15, 0.2) is 18.2 Å². The maximum absolute atomic E-state index is 5.63. The summed E-state index contributed by atoms with van der Waals surface area (Å²) in [5.41, 5.74) is 4.16. The lowest BCUT2D eigenvalue weighted by molar-refractivity contribution is 0.660. The van der Waals surface area contributed by atoms with Crippen molar-refractivity contribution in [2.75, 3.05) is 0 Å². The smallest absolute Gasteiger partial charge is 0.0476 e. The predicted octanol–water partition coefficient (Wildman–Crippen LogP) is 2.73. The molecule has 0 bridgehead atoms. The topological polar surface area (TPSA) is 12.0 Å². The van der Waals surface area contributed by atoms with Gasteiger partial charge in [0.15, 0.2) is 0 Å². The first-order valence-electron chi connectivity index (χ1n) is 4.27. The first-order chi connectivity index (χ1) is 5.81. The third-order valence-corrected chi connectivity index (χ3v) is 2.77. The molecule has 1 aliphatic carbocycles. The number of hydrogen-bond acceptors (Lipinski definition) is 1. The molecule has 0 aliphatic heterocycles. The molecule has 0 saturated heterocycles. The fourth-order valence-corrected chi connectivity index (χ4v) is 2.09. The van der Waals surface area contributed by atoms with Crippen LogP contribution in [-0.4, -0.2) is 0 Å². The van der Waals surface area contributed by atoms with Gasteiger partial charge in [-0.1, -0.05) is 23.8 Å². The number of aryl methyl sites for hydroxylation is 2. The van der Waals surface area contributed by atoms with E-state index in [2.05, 4.69) is 30.0 Å². The summed E-state index contributed by atoms with van der Waals surface area (Å²) in [6, 6.07) is 6.94. The van der Waals surface area contributed by atoms with E-state index in [0.29, 0.717) is 6.04 Å². The maximum atomic E-state index is 5.63. The van der Waals surface area contributed by atoms with Crippen molar-refractivity contribution in [2.45, 2.75) is 25.8 Å². The van der Waals surface area contributed by atoms with Crippen molar-refractivity contribution in [3.63, 3.8) is 0 Å². The van der Waals surface area contributed by atoms with E-state index in [0.717, 1.165) is 12.8 Å². The van der Waals surface area contributed by atoms with Gasteiger partial charge in [0.1, 0.15) is 0 Å². The van der Waals surface area contributed by atoms with Crippen molar-refractivity contribution >= 4 is 11.8 Å². The van der Waals surface area contributed by atoms with E-state index in [1.165, 1.54) is 16.7 Å². The van der Waals surface area contributed by atoms with Gasteiger partial charge in [0.05, 0.1) is 0 Å². The average molecular weight is 182 g/mol. The fourth-order valence-electron chi connectivity index (χ4n) is 1.86. The zero-order chi connectivity index (χ0) is 8.55. The molecule has 0 spiro atoms. The van der Waals surface area contributed by atoms with Gasteiger partial charge in [0.2, 0.25) is 0 Å². The van der Waals surface area contributed by atoms with Gasteiger partial charge in [0, 0.05) is 6.04 Å². The summed E-state index contributed by atoms with van der Waals surface area (Å²) in [4.78, 5) is 2.81. The monoisotopic (exact) mass is 181 g/mol. The van der Waals surface area contributed by atoms with Crippen molar-refractivity contribution in [3.8, 4) is 0 Å². The van der Waals surface area contributed by atoms with Crippen LogP contribution in [0.3, 0.4) is 0 Å². The minimum atomic E-state index is 0.363. The lowest BCUT2D eigenvalue weighted by atomic mass is 10.1. The Balaban J connectivity index is 2.40. The highest BCUT2D eigenvalue weighted by atomic mass is 35.5. The largest absolute Gasteiger partial charge is 0.226 e. The predicted molar refractivity (Wildman–Crippen MR) is 51.2 cm³/mol. The fraction of sp³-hybridized carbons (Fsp3) is 0.400. The summed E-state index contributed by atoms with van der Waals surface area (Å²) < 4.78 is 0. The Morgan fingerprint density at radius 1 is 1.50 bits per heavy atom. The summed E-state index contributed by atoms with van der Waals surface area (Å²) in [6.07, 6.45) is 2.28. The SMILES string of the molecule is Cc1ccc2c(c1)CC[C@@H]2NCl. The molecule has 1 N–H and O–H groups in total. The van der Waals surface area contributed by atoms with Crippen LogP contribution in [-0.2, 0) is 6.42 Å². The standard InChI is InChI=1S/C10H12ClN/c1-7-2-4-9-8(6-7)3-5-10(9)12-11/h2,4,6,10,12H,3,5H2,1H3/t10-/m0/s1. The third kappa shape index (κ3) is 1.23. The zero-order valence-corrected chi connectivity index (χ0v) is 7.86. The number of fused-ring (bicyclic) bond motifs is 1. The van der Waals surface area contributed by atoms with Crippen LogP contribution in [0.25, 0.3) is 0 Å². The quantitative estimate of drug-likeness (QED) is 0.657. The molecular weight excluding hydrogens is 170 g/mol. The Labute approximate surface area is 77.9 Å². The number of nitrogens with one attached hydrogen (secondary N) is 1. The van der Waals surface area contributed by atoms with Crippen LogP contribution in [0.5, 0.6) is 0 Å². The maximum Gasteiger partial charge on any atom is 0.0476 e. The van der Waals surface area contributed by atoms with Crippen LogP contribution in [0.2, 0.25) is 0 Å². The Hall–Kier alpha value is -0.530. The summed E-state index contributed by atoms with van der Waals surface area (Å²) in [5.74, 6) is 0. The lowest BCUT2D eigenvalue weighted by Crippen LogP contribution is -2.06. The number of rotatable bonds is 1. The molecule has 2 rings (SSSR count). The van der Waals surface area contributed by atoms with Crippen molar-refractivity contribution < 1.29 is 0 Å². The van der Waals surface area contributed by atoms with E-state index in [9.17, 15) is 0 Å². The molecule has 64 valence electrons. The van der Waals surface area contributed by atoms with Gasteiger partial charge in [-0.3, -0.25) is 0 Å². The van der Waals surface area contributed by atoms with E-state index < -0.39 is 0 Å². The summed E-state index contributed by atoms with van der Waals surface area (Å²) >= 11 is 5.63. The molecule has 1 atom stereocenters. The normalized spacial score (nSPS) is 21.0. The molecule has 0 heterocycles. The van der Waals surface area contributed by atoms with Gasteiger partial charge < -0.3 is 0 Å². The van der Waals surface area contributed by atoms with Gasteiger partial charge in [-0.05, 0) is 42.7 Å². The average Bonchev–Trinajstić information content (AvgIpc) is 2.46. The summed E-state index contributed by atoms with van der Waals surface area (Å²) in [6.45, 7) is 2.13. The van der Waals surface area contributed by atoms with Crippen molar-refractivity contribution in [1.82, 2.24) is 4.84 Å². The Morgan fingerprint density at radius 3 is 3.08 bits per heavy atom. The number of hydrogen-bond donors (Lipinski definition) is 1. The van der Waals surface area contributed by atoms with Crippen LogP contribution in [0.4, 0.5) is 0 Å². The van der Waals surface area contributed by atoms with Crippen LogP contribution in [0.1, 0.15) is 29.2 Å². The third-order valence-electron chi connectivity index (χ3n) is 2.51. The molecule has 0 unspecified atom stereocenters. The zero-order valence-electron chi connectivity index (χ0n) is 7.10. The minimum Gasteiger partial charge on any atom is -0.226 e. The Bertz CT molecular complexity index is 296. The van der Waals surface area contributed by atoms with Gasteiger partial charge in [0.25, 0.3) is 0 Å². The van der Waals surface area contributed by atoms with E-state index in [1.807, 2.05) is 0 Å². The number of benzene rings is 1. The van der Waals surface area contributed by atoms with Crippen molar-refractivity contribution in [3.05, 3.63) is 34.9 Å². The van der Waals surface area contributed by atoms with Gasteiger partial charge in [-0.25, -0.2) is 4.84 Å². The first kappa shape index (κ1) is 8.09. The Morgan fingerprint density at radius 2 is 2.33 bits per heavy atom. The van der Waals surface area contributed by atoms with Crippen molar-refractivity contribution in [2.24, 2.45) is 0 Å². The Kier molecular flexibility index (Phi) is 2.07. The van der Waals surface area contributed by atoms with Crippen molar-refractivity contribution in [1.29, 1.82) is 0 Å². The van der Waals surface area contributed by atoms with Crippen LogP contribution in [0, 0.1) is 6.92 Å². The molecule has 1 nitrogen and oxygen atoms in total. The second-order valence-electron chi connectivity index (χ2n) is 3.40. The summed E-state index contributed by atoms with van der Waals surface area (Å²) in [5, 5.41) is 0. The molecule has 1 aliphatic rings. The van der Waals surface area contributed by atoms with Crippen LogP contribution < -0.4 is 4.84 Å². The molecule has 0 amide bonds. The van der Waals surface area contributed by atoms with Gasteiger partial charge >= 0.3 is 0 Å². The second kappa shape index (κ2) is 3.08. The van der Waals surface area contributed by atoms with E-state index >= 15 is 0 Å². The molecule has 1 aromatic rings.